The molecule has 22 heavy (non-hydrogen) atoms. The fourth-order valence-electron chi connectivity index (χ4n) is 1.65. The summed E-state index contributed by atoms with van der Waals surface area (Å²) >= 11 is 0. The minimum absolute atomic E-state index is 0.132. The molecule has 0 amide bonds. The zero-order chi connectivity index (χ0) is 15.2. The van der Waals surface area contributed by atoms with E-state index in [0.29, 0.717) is 31.0 Å². The van der Waals surface area contributed by atoms with Crippen molar-refractivity contribution >= 4 is 5.97 Å². The molecular formula is C16H20O6. The van der Waals surface area contributed by atoms with Crippen LogP contribution in [-0.2, 0) is 23.7 Å². The Bertz CT molecular complexity index is 453. The quantitative estimate of drug-likeness (QED) is 0.553. The number of ether oxygens (including phenoxy) is 5. The third-order valence-electron chi connectivity index (χ3n) is 3.22. The Morgan fingerprint density at radius 1 is 0.909 bits per heavy atom. The monoisotopic (exact) mass is 308 g/mol. The maximum absolute atomic E-state index is 11.3. The summed E-state index contributed by atoms with van der Waals surface area (Å²) < 4.78 is 25.0. The smallest absolute Gasteiger partial charge is 0.338 e. The molecule has 3 aliphatic heterocycles. The van der Waals surface area contributed by atoms with Gasteiger partial charge < -0.3 is 23.7 Å². The van der Waals surface area contributed by atoms with E-state index in [1.165, 1.54) is 0 Å². The Labute approximate surface area is 129 Å². The van der Waals surface area contributed by atoms with Crippen LogP contribution in [0.15, 0.2) is 30.3 Å². The third-order valence-corrected chi connectivity index (χ3v) is 3.22. The number of esters is 1. The molecule has 1 aromatic carbocycles. The van der Waals surface area contributed by atoms with Gasteiger partial charge in [0, 0.05) is 0 Å². The number of epoxide rings is 3. The van der Waals surface area contributed by atoms with Gasteiger partial charge in [-0.05, 0) is 12.1 Å². The highest BCUT2D eigenvalue weighted by Gasteiger charge is 2.26. The van der Waals surface area contributed by atoms with E-state index < -0.39 is 0 Å². The van der Waals surface area contributed by atoms with Crippen LogP contribution in [0.5, 0.6) is 0 Å². The molecule has 3 aliphatic rings. The molecule has 0 bridgehead atoms. The first kappa shape index (κ1) is 15.4. The predicted molar refractivity (Wildman–Crippen MR) is 76.8 cm³/mol. The molecule has 6 nitrogen and oxygen atoms in total. The molecule has 4 rings (SSSR count). The van der Waals surface area contributed by atoms with Gasteiger partial charge in [0.2, 0.25) is 0 Å². The summed E-state index contributed by atoms with van der Waals surface area (Å²) in [6, 6.07) is 8.95. The van der Waals surface area contributed by atoms with Gasteiger partial charge in [0.15, 0.2) is 0 Å². The standard InChI is InChI=1S/C10H10O3.C6H10O3/c11-10(13-7-9-6-12-9)8-4-2-1-3-5-8;1(5-3-8-5)7-2-6-4-9-6/h1-5,9H,6-7H2;5-6H,1-4H2. The van der Waals surface area contributed by atoms with Crippen molar-refractivity contribution in [1.82, 2.24) is 0 Å². The number of carbonyl (C=O) groups excluding carboxylic acids is 1. The van der Waals surface area contributed by atoms with Crippen LogP contribution in [0.4, 0.5) is 0 Å². The van der Waals surface area contributed by atoms with Crippen molar-refractivity contribution in [2.45, 2.75) is 18.3 Å². The summed E-state index contributed by atoms with van der Waals surface area (Å²) in [5.41, 5.74) is 0.586. The average Bonchev–Trinajstić information content (AvgIpc) is 3.40. The highest BCUT2D eigenvalue weighted by Crippen LogP contribution is 2.12. The highest BCUT2D eigenvalue weighted by molar-refractivity contribution is 5.89. The van der Waals surface area contributed by atoms with Crippen LogP contribution in [-0.4, -0.2) is 63.9 Å². The van der Waals surface area contributed by atoms with Crippen LogP contribution in [0.1, 0.15) is 10.4 Å². The predicted octanol–water partition coefficient (Wildman–Crippen LogP) is 1.04. The average molecular weight is 308 g/mol. The Morgan fingerprint density at radius 2 is 1.41 bits per heavy atom. The molecule has 0 N–H and O–H groups in total. The molecule has 0 spiro atoms. The molecule has 3 fully saturated rings. The lowest BCUT2D eigenvalue weighted by molar-refractivity contribution is 0.0476. The summed E-state index contributed by atoms with van der Waals surface area (Å²) in [6.45, 7) is 4.34. The molecule has 0 aromatic heterocycles. The lowest BCUT2D eigenvalue weighted by atomic mass is 10.2. The molecule has 0 radical (unpaired) electrons. The van der Waals surface area contributed by atoms with Crippen molar-refractivity contribution in [2.24, 2.45) is 0 Å². The van der Waals surface area contributed by atoms with Gasteiger partial charge >= 0.3 is 5.97 Å². The van der Waals surface area contributed by atoms with Crippen molar-refractivity contribution in [3.63, 3.8) is 0 Å². The summed E-state index contributed by atoms with van der Waals surface area (Å²) in [5.74, 6) is -0.281. The van der Waals surface area contributed by atoms with Crippen molar-refractivity contribution in [3.05, 3.63) is 35.9 Å². The van der Waals surface area contributed by atoms with Gasteiger partial charge in [-0.1, -0.05) is 18.2 Å². The first-order chi connectivity index (χ1) is 10.8. The largest absolute Gasteiger partial charge is 0.459 e. The van der Waals surface area contributed by atoms with E-state index in [2.05, 4.69) is 0 Å². The molecule has 120 valence electrons. The maximum Gasteiger partial charge on any atom is 0.338 e. The molecule has 3 atom stereocenters. The minimum atomic E-state index is -0.281. The highest BCUT2D eigenvalue weighted by atomic mass is 16.6. The van der Waals surface area contributed by atoms with E-state index in [9.17, 15) is 4.79 Å². The Kier molecular flexibility index (Phi) is 5.39. The van der Waals surface area contributed by atoms with Gasteiger partial charge in [-0.15, -0.1) is 0 Å². The van der Waals surface area contributed by atoms with Crippen molar-refractivity contribution in [2.75, 3.05) is 39.6 Å². The van der Waals surface area contributed by atoms with Crippen molar-refractivity contribution in [1.29, 1.82) is 0 Å². The van der Waals surface area contributed by atoms with Crippen LogP contribution in [0, 0.1) is 0 Å². The second-order valence-corrected chi connectivity index (χ2v) is 5.37. The van der Waals surface area contributed by atoms with E-state index in [4.69, 9.17) is 23.7 Å². The molecule has 6 heteroatoms. The fourth-order valence-corrected chi connectivity index (χ4v) is 1.65. The van der Waals surface area contributed by atoms with E-state index in [1.807, 2.05) is 18.2 Å². The molecule has 1 aromatic rings. The van der Waals surface area contributed by atoms with E-state index in [1.54, 1.807) is 12.1 Å². The zero-order valence-corrected chi connectivity index (χ0v) is 12.3. The summed E-state index contributed by atoms with van der Waals surface area (Å²) in [4.78, 5) is 11.3. The SMILES string of the molecule is C(OCC1CO1)C1CO1.O=C(OCC1CO1)c1ccccc1. The van der Waals surface area contributed by atoms with Gasteiger partial charge in [-0.2, -0.15) is 0 Å². The molecule has 0 saturated carbocycles. The van der Waals surface area contributed by atoms with Gasteiger partial charge in [-0.25, -0.2) is 4.79 Å². The van der Waals surface area contributed by atoms with E-state index in [0.717, 1.165) is 26.4 Å². The number of hydrogen-bond donors (Lipinski definition) is 0. The fraction of sp³-hybridized carbons (Fsp3) is 0.562. The Hall–Kier alpha value is -1.47. The van der Waals surface area contributed by atoms with Crippen molar-refractivity contribution < 1.29 is 28.5 Å². The van der Waals surface area contributed by atoms with Crippen LogP contribution in [0.3, 0.4) is 0 Å². The van der Waals surface area contributed by atoms with Crippen LogP contribution < -0.4 is 0 Å². The summed E-state index contributed by atoms with van der Waals surface area (Å²) in [7, 11) is 0. The van der Waals surface area contributed by atoms with Crippen molar-refractivity contribution in [3.8, 4) is 0 Å². The lowest BCUT2D eigenvalue weighted by Gasteiger charge is -2.01. The van der Waals surface area contributed by atoms with Gasteiger partial charge in [0.05, 0.1) is 38.6 Å². The molecular weight excluding hydrogens is 288 g/mol. The third kappa shape index (κ3) is 6.11. The minimum Gasteiger partial charge on any atom is -0.459 e. The topological polar surface area (TPSA) is 73.1 Å². The van der Waals surface area contributed by atoms with Gasteiger partial charge in [0.1, 0.15) is 24.9 Å². The van der Waals surface area contributed by atoms with Crippen LogP contribution in [0.25, 0.3) is 0 Å². The second kappa shape index (κ2) is 7.69. The first-order valence-corrected chi connectivity index (χ1v) is 7.46. The first-order valence-electron chi connectivity index (χ1n) is 7.46. The van der Waals surface area contributed by atoms with E-state index in [-0.39, 0.29) is 12.1 Å². The van der Waals surface area contributed by atoms with Gasteiger partial charge in [-0.3, -0.25) is 0 Å². The number of carbonyl (C=O) groups is 1. The normalized spacial score (nSPS) is 27.4. The van der Waals surface area contributed by atoms with E-state index >= 15 is 0 Å². The zero-order valence-electron chi connectivity index (χ0n) is 12.3. The number of hydrogen-bond acceptors (Lipinski definition) is 6. The Balaban J connectivity index is 0.000000139. The molecule has 3 saturated heterocycles. The molecule has 0 aliphatic carbocycles. The number of benzene rings is 1. The second-order valence-electron chi connectivity index (χ2n) is 5.37. The molecule has 3 heterocycles. The maximum atomic E-state index is 11.3. The molecule has 3 unspecified atom stereocenters. The van der Waals surface area contributed by atoms with Gasteiger partial charge in [0.25, 0.3) is 0 Å². The van der Waals surface area contributed by atoms with Crippen LogP contribution >= 0.6 is 0 Å². The Morgan fingerprint density at radius 3 is 1.91 bits per heavy atom. The number of rotatable bonds is 7. The summed E-state index contributed by atoms with van der Waals surface area (Å²) in [5, 5.41) is 0. The van der Waals surface area contributed by atoms with Crippen LogP contribution in [0.2, 0.25) is 0 Å². The summed E-state index contributed by atoms with van der Waals surface area (Å²) in [6.07, 6.45) is 0.917. The lowest BCUT2D eigenvalue weighted by Crippen LogP contribution is -2.09.